The molecule has 1 saturated heterocycles. The minimum Gasteiger partial charge on any atom is -0.496 e. The molecule has 0 N–H and O–H groups in total. The van der Waals surface area contributed by atoms with E-state index in [0.29, 0.717) is 17.9 Å². The van der Waals surface area contributed by atoms with Gasteiger partial charge in [-0.05, 0) is 38.9 Å². The molecule has 126 valence electrons. The molecule has 1 saturated carbocycles. The fourth-order valence-corrected chi connectivity index (χ4v) is 4.07. The van der Waals surface area contributed by atoms with Crippen LogP contribution in [0.2, 0.25) is 0 Å². The van der Waals surface area contributed by atoms with Crippen molar-refractivity contribution in [1.29, 1.82) is 0 Å². The molecule has 1 amide bonds. The van der Waals surface area contributed by atoms with Gasteiger partial charge in [-0.1, -0.05) is 31.5 Å². The van der Waals surface area contributed by atoms with Crippen LogP contribution < -0.4 is 4.74 Å². The topological polar surface area (TPSA) is 32.8 Å². The van der Waals surface area contributed by atoms with Crippen molar-refractivity contribution in [1.82, 2.24) is 9.80 Å². The lowest BCUT2D eigenvalue weighted by Gasteiger charge is -2.26. The number of likely N-dealkylation sites (tertiary alicyclic amines) is 1. The first-order chi connectivity index (χ1) is 11.0. The maximum Gasteiger partial charge on any atom is 0.233 e. The van der Waals surface area contributed by atoms with Crippen molar-refractivity contribution in [3.05, 3.63) is 29.8 Å². The second-order valence-corrected chi connectivity index (χ2v) is 7.19. The third-order valence-corrected chi connectivity index (χ3v) is 5.66. The summed E-state index contributed by atoms with van der Waals surface area (Å²) >= 11 is 0. The summed E-state index contributed by atoms with van der Waals surface area (Å²) in [5.41, 5.74) is 0.723. The predicted octanol–water partition coefficient (Wildman–Crippen LogP) is 2.53. The van der Waals surface area contributed by atoms with Crippen molar-refractivity contribution in [3.8, 4) is 5.75 Å². The number of ether oxygens (including phenoxy) is 1. The largest absolute Gasteiger partial charge is 0.496 e. The fraction of sp³-hybridized carbons (Fsp3) is 0.632. The average Bonchev–Trinajstić information content (AvgIpc) is 3.25. The molecule has 1 aliphatic carbocycles. The number of amides is 1. The lowest BCUT2D eigenvalue weighted by molar-refractivity contribution is -0.133. The van der Waals surface area contributed by atoms with Crippen LogP contribution in [0.25, 0.3) is 0 Å². The molecule has 1 aliphatic heterocycles. The van der Waals surface area contributed by atoms with Gasteiger partial charge in [0.2, 0.25) is 5.91 Å². The number of rotatable bonds is 5. The van der Waals surface area contributed by atoms with Crippen LogP contribution in [0.15, 0.2) is 24.3 Å². The highest BCUT2D eigenvalue weighted by Crippen LogP contribution is 2.53. The molecule has 2 atom stereocenters. The van der Waals surface area contributed by atoms with Gasteiger partial charge in [0.25, 0.3) is 0 Å². The Bertz CT molecular complexity index is 580. The van der Waals surface area contributed by atoms with E-state index in [0.717, 1.165) is 43.7 Å². The summed E-state index contributed by atoms with van der Waals surface area (Å²) in [5.74, 6) is 1.71. The van der Waals surface area contributed by atoms with Gasteiger partial charge in [0.15, 0.2) is 0 Å². The molecule has 4 nitrogen and oxygen atoms in total. The number of benzene rings is 1. The van der Waals surface area contributed by atoms with Gasteiger partial charge < -0.3 is 14.5 Å². The molecule has 4 heteroatoms. The summed E-state index contributed by atoms with van der Waals surface area (Å²) < 4.78 is 5.51. The summed E-state index contributed by atoms with van der Waals surface area (Å²) in [6.45, 7) is 3.96. The highest BCUT2D eigenvalue weighted by atomic mass is 16.5. The number of para-hydroxylation sites is 1. The molecular formula is C19H28N2O2. The van der Waals surface area contributed by atoms with Gasteiger partial charge in [0.05, 0.1) is 12.5 Å². The SMILES string of the molecule is CC[C@@H]1CN(C(=O)C2(c3ccccc3OC)CC2)C[C@@H]1N(C)C. The minimum absolute atomic E-state index is 0.296. The Kier molecular flexibility index (Phi) is 4.37. The molecule has 1 aromatic rings. The monoisotopic (exact) mass is 316 g/mol. The van der Waals surface area contributed by atoms with Gasteiger partial charge in [-0.2, -0.15) is 0 Å². The summed E-state index contributed by atoms with van der Waals surface area (Å²) in [6, 6.07) is 8.46. The Morgan fingerprint density at radius 3 is 2.52 bits per heavy atom. The van der Waals surface area contributed by atoms with Crippen molar-refractivity contribution < 1.29 is 9.53 Å². The molecule has 0 radical (unpaired) electrons. The Morgan fingerprint density at radius 1 is 1.30 bits per heavy atom. The van der Waals surface area contributed by atoms with E-state index in [1.54, 1.807) is 7.11 Å². The second kappa shape index (κ2) is 6.16. The maximum atomic E-state index is 13.3. The van der Waals surface area contributed by atoms with E-state index in [-0.39, 0.29) is 5.41 Å². The van der Waals surface area contributed by atoms with Gasteiger partial charge in [0, 0.05) is 24.7 Å². The quantitative estimate of drug-likeness (QED) is 0.837. The number of methoxy groups -OCH3 is 1. The summed E-state index contributed by atoms with van der Waals surface area (Å²) in [5, 5.41) is 0. The van der Waals surface area contributed by atoms with E-state index >= 15 is 0 Å². The van der Waals surface area contributed by atoms with Gasteiger partial charge in [-0.3, -0.25) is 4.79 Å². The Labute approximate surface area is 139 Å². The highest BCUT2D eigenvalue weighted by Gasteiger charge is 2.55. The fourth-order valence-electron chi connectivity index (χ4n) is 4.07. The van der Waals surface area contributed by atoms with Crippen molar-refractivity contribution in [2.45, 2.75) is 37.6 Å². The number of likely N-dealkylation sites (N-methyl/N-ethyl adjacent to an activating group) is 1. The van der Waals surface area contributed by atoms with Gasteiger partial charge in [-0.15, -0.1) is 0 Å². The van der Waals surface area contributed by atoms with E-state index in [9.17, 15) is 4.79 Å². The average molecular weight is 316 g/mol. The molecule has 0 unspecified atom stereocenters. The van der Waals surface area contributed by atoms with Crippen LogP contribution in [0.3, 0.4) is 0 Å². The van der Waals surface area contributed by atoms with Crippen LogP contribution in [0, 0.1) is 5.92 Å². The van der Waals surface area contributed by atoms with Crippen LogP contribution in [0.5, 0.6) is 5.75 Å². The van der Waals surface area contributed by atoms with Crippen molar-refractivity contribution in [2.75, 3.05) is 34.3 Å². The Hall–Kier alpha value is -1.55. The molecule has 2 fully saturated rings. The molecule has 23 heavy (non-hydrogen) atoms. The molecule has 1 aromatic carbocycles. The van der Waals surface area contributed by atoms with Gasteiger partial charge >= 0.3 is 0 Å². The summed E-state index contributed by atoms with van der Waals surface area (Å²) in [4.78, 5) is 17.6. The van der Waals surface area contributed by atoms with Crippen molar-refractivity contribution >= 4 is 5.91 Å². The van der Waals surface area contributed by atoms with Crippen LogP contribution in [0.4, 0.5) is 0 Å². The Balaban J connectivity index is 1.83. The zero-order chi connectivity index (χ0) is 16.6. The summed E-state index contributed by atoms with van der Waals surface area (Å²) in [6.07, 6.45) is 2.99. The van der Waals surface area contributed by atoms with Crippen LogP contribution >= 0.6 is 0 Å². The van der Waals surface area contributed by atoms with Crippen molar-refractivity contribution in [2.24, 2.45) is 5.92 Å². The minimum atomic E-state index is -0.341. The van der Waals surface area contributed by atoms with Gasteiger partial charge in [-0.25, -0.2) is 0 Å². The lowest BCUT2D eigenvalue weighted by atomic mass is 9.93. The van der Waals surface area contributed by atoms with Crippen LogP contribution in [0.1, 0.15) is 31.7 Å². The molecule has 0 bridgehead atoms. The molecule has 1 heterocycles. The van der Waals surface area contributed by atoms with Gasteiger partial charge in [0.1, 0.15) is 5.75 Å². The third kappa shape index (κ3) is 2.74. The first kappa shape index (κ1) is 16.3. The second-order valence-electron chi connectivity index (χ2n) is 7.19. The highest BCUT2D eigenvalue weighted by molar-refractivity contribution is 5.92. The zero-order valence-electron chi connectivity index (χ0n) is 14.7. The lowest BCUT2D eigenvalue weighted by Crippen LogP contribution is -2.40. The maximum absolute atomic E-state index is 13.3. The molecule has 0 aromatic heterocycles. The first-order valence-corrected chi connectivity index (χ1v) is 8.62. The van der Waals surface area contributed by atoms with Crippen LogP contribution in [-0.2, 0) is 10.2 Å². The Morgan fingerprint density at radius 2 is 2.00 bits per heavy atom. The number of hydrogen-bond donors (Lipinski definition) is 0. The molecule has 0 spiro atoms. The number of nitrogens with zero attached hydrogens (tertiary/aromatic N) is 2. The number of carbonyl (C=O) groups is 1. The van der Waals surface area contributed by atoms with E-state index < -0.39 is 0 Å². The van der Waals surface area contributed by atoms with E-state index in [1.165, 1.54) is 0 Å². The zero-order valence-corrected chi connectivity index (χ0v) is 14.7. The standard InChI is InChI=1S/C19H28N2O2/c1-5-14-12-21(13-16(14)20(2)3)18(22)19(10-11-19)15-8-6-7-9-17(15)23-4/h6-9,14,16H,5,10-13H2,1-4H3/t14-,16+/m1/s1. The molecule has 2 aliphatic rings. The van der Waals surface area contributed by atoms with E-state index in [4.69, 9.17) is 4.74 Å². The summed E-state index contributed by atoms with van der Waals surface area (Å²) in [7, 11) is 5.92. The smallest absolute Gasteiger partial charge is 0.233 e. The molecular weight excluding hydrogens is 288 g/mol. The first-order valence-electron chi connectivity index (χ1n) is 8.62. The third-order valence-electron chi connectivity index (χ3n) is 5.66. The van der Waals surface area contributed by atoms with Crippen molar-refractivity contribution in [3.63, 3.8) is 0 Å². The number of hydrogen-bond acceptors (Lipinski definition) is 3. The molecule has 3 rings (SSSR count). The van der Waals surface area contributed by atoms with E-state index in [1.807, 2.05) is 18.2 Å². The number of carbonyl (C=O) groups excluding carboxylic acids is 1. The predicted molar refractivity (Wildman–Crippen MR) is 91.7 cm³/mol. The normalized spacial score (nSPS) is 25.7. The van der Waals surface area contributed by atoms with E-state index in [2.05, 4.69) is 36.9 Å². The van der Waals surface area contributed by atoms with Crippen LogP contribution in [-0.4, -0.2) is 56.0 Å².